The van der Waals surface area contributed by atoms with E-state index in [1.165, 1.54) is 135 Å². The average Bonchev–Trinajstić information content (AvgIpc) is 2.88. The smallest absolute Gasteiger partial charge is 0.317 e. The molecule has 0 aliphatic carbocycles. The lowest BCUT2D eigenvalue weighted by atomic mass is 10.1. The van der Waals surface area contributed by atoms with E-state index in [1.807, 2.05) is 0 Å². The highest BCUT2D eigenvalue weighted by Crippen LogP contribution is 2.11. The molecule has 214 valence electrons. The van der Waals surface area contributed by atoms with Crippen molar-refractivity contribution < 1.29 is 9.90 Å². The Bertz CT molecular complexity index is 467. The van der Waals surface area contributed by atoms with E-state index in [0.717, 1.165) is 25.9 Å². The standard InChI is InChI=1S/C32H64N2O2/c1-3-5-7-9-11-13-14-15-16-17-18-19-20-22-24-26-28-33-32(36)34(30-31-35)29-27-25-23-21-12-10-8-6-4-2/h15-16,35H,3-14,17-31H2,1-2H3,(H,33,36)/b16-15-. The van der Waals surface area contributed by atoms with Crippen LogP contribution in [0.1, 0.15) is 162 Å². The maximum absolute atomic E-state index is 12.5. The van der Waals surface area contributed by atoms with E-state index in [4.69, 9.17) is 0 Å². The Hall–Kier alpha value is -1.03. The molecule has 0 aromatic rings. The summed E-state index contributed by atoms with van der Waals surface area (Å²) in [6.07, 6.45) is 34.5. The van der Waals surface area contributed by atoms with Gasteiger partial charge in [0.1, 0.15) is 0 Å². The van der Waals surface area contributed by atoms with E-state index < -0.39 is 0 Å². The van der Waals surface area contributed by atoms with Gasteiger partial charge in [0.15, 0.2) is 0 Å². The van der Waals surface area contributed by atoms with Crippen molar-refractivity contribution in [3.05, 3.63) is 12.2 Å². The second-order valence-electron chi connectivity index (χ2n) is 10.7. The van der Waals surface area contributed by atoms with E-state index in [-0.39, 0.29) is 12.6 Å². The van der Waals surface area contributed by atoms with Gasteiger partial charge < -0.3 is 15.3 Å². The number of carbonyl (C=O) groups is 1. The van der Waals surface area contributed by atoms with Crippen LogP contribution in [0.25, 0.3) is 0 Å². The van der Waals surface area contributed by atoms with Crippen LogP contribution in [0.3, 0.4) is 0 Å². The first-order valence-corrected chi connectivity index (χ1v) is 16.0. The van der Waals surface area contributed by atoms with E-state index in [2.05, 4.69) is 31.3 Å². The molecule has 2 amide bonds. The van der Waals surface area contributed by atoms with Crippen LogP contribution in [-0.4, -0.2) is 42.3 Å². The fourth-order valence-corrected chi connectivity index (χ4v) is 4.73. The van der Waals surface area contributed by atoms with Crippen LogP contribution in [0.4, 0.5) is 4.79 Å². The third kappa shape index (κ3) is 26.0. The van der Waals surface area contributed by atoms with Gasteiger partial charge in [-0.05, 0) is 38.5 Å². The van der Waals surface area contributed by atoms with Gasteiger partial charge in [-0.15, -0.1) is 0 Å². The van der Waals surface area contributed by atoms with Crippen LogP contribution >= 0.6 is 0 Å². The first kappa shape index (κ1) is 35.0. The normalized spacial score (nSPS) is 11.4. The molecule has 0 rings (SSSR count). The molecule has 0 spiro atoms. The zero-order valence-corrected chi connectivity index (χ0v) is 24.5. The molecule has 0 aromatic carbocycles. The summed E-state index contributed by atoms with van der Waals surface area (Å²) in [4.78, 5) is 14.3. The summed E-state index contributed by atoms with van der Waals surface area (Å²) in [5.74, 6) is 0. The Morgan fingerprint density at radius 3 is 1.47 bits per heavy atom. The maximum atomic E-state index is 12.5. The molecule has 0 aliphatic heterocycles. The third-order valence-electron chi connectivity index (χ3n) is 7.15. The Labute approximate surface area is 226 Å². The van der Waals surface area contributed by atoms with Gasteiger partial charge in [-0.3, -0.25) is 0 Å². The lowest BCUT2D eigenvalue weighted by molar-refractivity contribution is 0.175. The van der Waals surface area contributed by atoms with Crippen molar-refractivity contribution in [2.45, 2.75) is 162 Å². The largest absolute Gasteiger partial charge is 0.395 e. The summed E-state index contributed by atoms with van der Waals surface area (Å²) in [6, 6.07) is -0.00337. The van der Waals surface area contributed by atoms with Gasteiger partial charge in [0.25, 0.3) is 0 Å². The van der Waals surface area contributed by atoms with Crippen LogP contribution in [0.15, 0.2) is 12.2 Å². The number of unbranched alkanes of at least 4 members (excludes halogenated alkanes) is 20. The van der Waals surface area contributed by atoms with Crippen LogP contribution in [0.5, 0.6) is 0 Å². The van der Waals surface area contributed by atoms with Crippen LogP contribution in [0, 0.1) is 0 Å². The fraction of sp³-hybridized carbons (Fsp3) is 0.906. The second kappa shape index (κ2) is 30.2. The van der Waals surface area contributed by atoms with Gasteiger partial charge in [-0.1, -0.05) is 135 Å². The molecule has 0 unspecified atom stereocenters. The van der Waals surface area contributed by atoms with Gasteiger partial charge in [-0.2, -0.15) is 0 Å². The first-order valence-electron chi connectivity index (χ1n) is 16.0. The summed E-state index contributed by atoms with van der Waals surface area (Å²) < 4.78 is 0. The Morgan fingerprint density at radius 1 is 0.583 bits per heavy atom. The van der Waals surface area contributed by atoms with Crippen LogP contribution in [-0.2, 0) is 0 Å². The minimum atomic E-state index is -0.00337. The minimum absolute atomic E-state index is 0.00337. The highest BCUT2D eigenvalue weighted by Gasteiger charge is 2.11. The number of hydrogen-bond acceptors (Lipinski definition) is 2. The SMILES string of the molecule is CCCCCCCC/C=C\CCCCCCCCNC(=O)N(CCO)CCCCCCCCCCC. The number of nitrogens with one attached hydrogen (secondary N) is 1. The first-order chi connectivity index (χ1) is 17.8. The number of allylic oxidation sites excluding steroid dienone is 2. The molecule has 0 atom stereocenters. The molecule has 4 nitrogen and oxygen atoms in total. The predicted octanol–water partition coefficient (Wildman–Crippen LogP) is 9.56. The van der Waals surface area contributed by atoms with Gasteiger partial charge >= 0.3 is 6.03 Å². The molecule has 0 radical (unpaired) electrons. The van der Waals surface area contributed by atoms with Crippen LogP contribution < -0.4 is 5.32 Å². The van der Waals surface area contributed by atoms with Gasteiger partial charge in [0.2, 0.25) is 0 Å². The quantitative estimate of drug-likeness (QED) is 0.0816. The van der Waals surface area contributed by atoms with Gasteiger partial charge in [0, 0.05) is 19.6 Å². The highest BCUT2D eigenvalue weighted by atomic mass is 16.3. The molecule has 0 aliphatic rings. The van der Waals surface area contributed by atoms with Gasteiger partial charge in [-0.25, -0.2) is 4.79 Å². The molecule has 36 heavy (non-hydrogen) atoms. The third-order valence-corrected chi connectivity index (χ3v) is 7.15. The fourth-order valence-electron chi connectivity index (χ4n) is 4.73. The summed E-state index contributed by atoms with van der Waals surface area (Å²) in [5.41, 5.74) is 0. The molecule has 2 N–H and O–H groups in total. The van der Waals surface area contributed by atoms with Crippen molar-refractivity contribution in [3.8, 4) is 0 Å². The number of rotatable bonds is 28. The molecule has 0 fully saturated rings. The number of hydrogen-bond donors (Lipinski definition) is 2. The molecular formula is C32H64N2O2. The minimum Gasteiger partial charge on any atom is -0.395 e. The second-order valence-corrected chi connectivity index (χ2v) is 10.7. The molecule has 4 heteroatoms. The Balaban J connectivity index is 3.54. The monoisotopic (exact) mass is 508 g/mol. The van der Waals surface area contributed by atoms with Gasteiger partial charge in [0.05, 0.1) is 6.61 Å². The zero-order valence-electron chi connectivity index (χ0n) is 24.5. The molecule has 0 heterocycles. The molecule has 0 saturated heterocycles. The zero-order chi connectivity index (χ0) is 26.4. The molecule has 0 aromatic heterocycles. The van der Waals surface area contributed by atoms with Crippen LogP contribution in [0.2, 0.25) is 0 Å². The molecule has 0 saturated carbocycles. The van der Waals surface area contributed by atoms with E-state index in [0.29, 0.717) is 6.54 Å². The highest BCUT2D eigenvalue weighted by molar-refractivity contribution is 5.74. The predicted molar refractivity (Wildman–Crippen MR) is 159 cm³/mol. The molecule has 0 bridgehead atoms. The maximum Gasteiger partial charge on any atom is 0.317 e. The van der Waals surface area contributed by atoms with Crippen molar-refractivity contribution >= 4 is 6.03 Å². The van der Waals surface area contributed by atoms with E-state index >= 15 is 0 Å². The topological polar surface area (TPSA) is 52.6 Å². The van der Waals surface area contributed by atoms with Crippen molar-refractivity contribution in [1.29, 1.82) is 0 Å². The number of aliphatic hydroxyl groups excluding tert-OH is 1. The van der Waals surface area contributed by atoms with Crippen molar-refractivity contribution in [2.24, 2.45) is 0 Å². The average molecular weight is 509 g/mol. The summed E-state index contributed by atoms with van der Waals surface area (Å²) in [5, 5.41) is 12.4. The molecular weight excluding hydrogens is 444 g/mol. The van der Waals surface area contributed by atoms with Crippen molar-refractivity contribution in [2.75, 3.05) is 26.2 Å². The lowest BCUT2D eigenvalue weighted by Gasteiger charge is -2.22. The number of amides is 2. The summed E-state index contributed by atoms with van der Waals surface area (Å²) >= 11 is 0. The van der Waals surface area contributed by atoms with E-state index in [9.17, 15) is 9.90 Å². The number of carbonyl (C=O) groups excluding carboxylic acids is 1. The van der Waals surface area contributed by atoms with E-state index in [1.54, 1.807) is 4.90 Å². The number of aliphatic hydroxyl groups is 1. The number of nitrogens with zero attached hydrogens (tertiary/aromatic N) is 1. The summed E-state index contributed by atoms with van der Waals surface area (Å²) in [7, 11) is 0. The lowest BCUT2D eigenvalue weighted by Crippen LogP contribution is -2.42. The van der Waals surface area contributed by atoms with Crippen molar-refractivity contribution in [3.63, 3.8) is 0 Å². The number of urea groups is 1. The Morgan fingerprint density at radius 2 is 1.00 bits per heavy atom. The van der Waals surface area contributed by atoms with Crippen molar-refractivity contribution in [1.82, 2.24) is 10.2 Å². The summed E-state index contributed by atoms with van der Waals surface area (Å²) in [6.45, 7) is 6.52. The Kier molecular flexibility index (Phi) is 29.3.